The molecule has 1 aromatic carbocycles. The molecule has 0 fully saturated rings. The average molecular weight is 189 g/mol. The first-order valence-electron chi connectivity index (χ1n) is 4.78. The molecular formula is C11H15N3. The third-order valence-corrected chi connectivity index (χ3v) is 1.72. The number of aromatic nitrogens is 3. The molecule has 74 valence electrons. The Bertz CT molecular complexity index is 366. The van der Waals surface area contributed by atoms with Crippen molar-refractivity contribution in [2.75, 3.05) is 0 Å². The zero-order valence-electron chi connectivity index (χ0n) is 8.81. The largest absolute Gasteiger partial charge is 0.288 e. The third kappa shape index (κ3) is 2.42. The lowest BCUT2D eigenvalue weighted by Gasteiger charge is -2.00. The van der Waals surface area contributed by atoms with Crippen molar-refractivity contribution < 1.29 is 0 Å². The Hall–Kier alpha value is -1.64. The van der Waals surface area contributed by atoms with Gasteiger partial charge in [-0.1, -0.05) is 26.0 Å². The summed E-state index contributed by atoms with van der Waals surface area (Å²) in [6.07, 6.45) is 3.38. The molecule has 0 radical (unpaired) electrons. The normalized spacial score (nSPS) is 9.07. The van der Waals surface area contributed by atoms with Gasteiger partial charge < -0.3 is 0 Å². The van der Waals surface area contributed by atoms with Gasteiger partial charge in [0.15, 0.2) is 0 Å². The van der Waals surface area contributed by atoms with Crippen LogP contribution >= 0.6 is 0 Å². The maximum absolute atomic E-state index is 3.74. The molecule has 14 heavy (non-hydrogen) atoms. The van der Waals surface area contributed by atoms with E-state index in [4.69, 9.17) is 0 Å². The van der Waals surface area contributed by atoms with Gasteiger partial charge in [0.1, 0.15) is 12.7 Å². The van der Waals surface area contributed by atoms with Gasteiger partial charge in [-0.25, -0.2) is 0 Å². The molecule has 2 aromatic rings. The first-order valence-corrected chi connectivity index (χ1v) is 4.78. The summed E-state index contributed by atoms with van der Waals surface area (Å²) in [7, 11) is 0. The number of benzene rings is 1. The van der Waals surface area contributed by atoms with Crippen LogP contribution in [0.4, 0.5) is 0 Å². The Labute approximate surface area is 84.4 Å². The number of hydrogen-bond acceptors (Lipinski definition) is 2. The molecule has 1 aromatic heterocycles. The Balaban J connectivity index is 0.000000461. The summed E-state index contributed by atoms with van der Waals surface area (Å²) in [6, 6.07) is 8.19. The molecule has 0 amide bonds. The highest BCUT2D eigenvalue weighted by atomic mass is 15.2. The van der Waals surface area contributed by atoms with Gasteiger partial charge in [0.2, 0.25) is 0 Å². The molecule has 0 spiro atoms. The molecule has 0 aliphatic heterocycles. The number of hydrogen-bond donors (Lipinski definition) is 0. The van der Waals surface area contributed by atoms with Crippen LogP contribution in [0.15, 0.2) is 36.9 Å². The molecule has 0 atom stereocenters. The smallest absolute Gasteiger partial charge is 0.123 e. The van der Waals surface area contributed by atoms with Gasteiger partial charge >= 0.3 is 0 Å². The molecular weight excluding hydrogens is 174 g/mol. The summed E-state index contributed by atoms with van der Waals surface area (Å²) in [5.41, 5.74) is 2.33. The van der Waals surface area contributed by atoms with Crippen molar-refractivity contribution in [1.29, 1.82) is 0 Å². The topological polar surface area (TPSA) is 30.7 Å². The van der Waals surface area contributed by atoms with Crippen molar-refractivity contribution in [2.45, 2.75) is 20.8 Å². The summed E-state index contributed by atoms with van der Waals surface area (Å²) in [6.45, 7) is 6.06. The highest BCUT2D eigenvalue weighted by Crippen LogP contribution is 2.07. The molecule has 1 heterocycles. The maximum atomic E-state index is 3.74. The van der Waals surface area contributed by atoms with Gasteiger partial charge in [0, 0.05) is 5.69 Å². The number of rotatable bonds is 1. The Morgan fingerprint density at radius 1 is 1.07 bits per heavy atom. The highest BCUT2D eigenvalue weighted by Gasteiger charge is 1.94. The van der Waals surface area contributed by atoms with Crippen LogP contribution in [0.2, 0.25) is 0 Å². The van der Waals surface area contributed by atoms with E-state index in [0.717, 1.165) is 5.69 Å². The van der Waals surface area contributed by atoms with Crippen LogP contribution in [-0.4, -0.2) is 14.8 Å². The molecule has 2 rings (SSSR count). The molecule has 0 N–H and O–H groups in total. The van der Waals surface area contributed by atoms with Crippen LogP contribution in [0.5, 0.6) is 0 Å². The molecule has 0 aliphatic rings. The fraction of sp³-hybridized carbons (Fsp3) is 0.273. The summed E-state index contributed by atoms with van der Waals surface area (Å²) in [5.74, 6) is 0. The Morgan fingerprint density at radius 3 is 2.29 bits per heavy atom. The van der Waals surface area contributed by atoms with E-state index in [0.29, 0.717) is 0 Å². The van der Waals surface area contributed by atoms with Crippen molar-refractivity contribution in [3.63, 3.8) is 0 Å². The summed E-state index contributed by atoms with van der Waals surface area (Å²) >= 11 is 0. The number of nitrogens with zero attached hydrogens (tertiary/aromatic N) is 3. The van der Waals surface area contributed by atoms with E-state index >= 15 is 0 Å². The van der Waals surface area contributed by atoms with Crippen LogP contribution in [0.25, 0.3) is 5.69 Å². The monoisotopic (exact) mass is 189 g/mol. The predicted molar refractivity (Wildman–Crippen MR) is 57.4 cm³/mol. The minimum absolute atomic E-state index is 1.10. The lowest BCUT2D eigenvalue weighted by Crippen LogP contribution is -1.89. The molecule has 0 saturated heterocycles. The zero-order chi connectivity index (χ0) is 10.4. The quantitative estimate of drug-likeness (QED) is 0.690. The third-order valence-electron chi connectivity index (χ3n) is 1.72. The van der Waals surface area contributed by atoms with E-state index in [1.807, 2.05) is 30.5 Å². The zero-order valence-corrected chi connectivity index (χ0v) is 8.81. The first kappa shape index (κ1) is 10.4. The fourth-order valence-corrected chi connectivity index (χ4v) is 1.12. The van der Waals surface area contributed by atoms with Gasteiger partial charge in [-0.05, 0) is 24.6 Å². The lowest BCUT2D eigenvalue weighted by molar-refractivity contribution is 1.05. The van der Waals surface area contributed by atoms with Crippen molar-refractivity contribution >= 4 is 0 Å². The Kier molecular flexibility index (Phi) is 3.85. The molecule has 3 nitrogen and oxygen atoms in total. The van der Waals surface area contributed by atoms with E-state index < -0.39 is 0 Å². The average Bonchev–Trinajstić information content (AvgIpc) is 2.74. The van der Waals surface area contributed by atoms with Crippen LogP contribution in [-0.2, 0) is 0 Å². The second-order valence-electron chi connectivity index (χ2n) is 2.71. The van der Waals surface area contributed by atoms with Crippen LogP contribution in [0, 0.1) is 6.92 Å². The highest BCUT2D eigenvalue weighted by molar-refractivity contribution is 5.34. The van der Waals surface area contributed by atoms with E-state index in [1.54, 1.807) is 12.7 Å². The predicted octanol–water partition coefficient (Wildman–Crippen LogP) is 2.60. The molecule has 3 heteroatoms. The van der Waals surface area contributed by atoms with Gasteiger partial charge in [0.25, 0.3) is 0 Å². The lowest BCUT2D eigenvalue weighted by atomic mass is 10.2. The minimum Gasteiger partial charge on any atom is -0.288 e. The molecule has 0 aliphatic carbocycles. The van der Waals surface area contributed by atoms with Crippen LogP contribution < -0.4 is 0 Å². The van der Waals surface area contributed by atoms with E-state index in [2.05, 4.69) is 29.3 Å². The standard InChI is InChI=1S/C9H9N3.C2H6/c1-8-3-2-4-9(5-8)12-6-10-11-7-12;1-2/h2-7H,1H3;1-2H3. The first-order chi connectivity index (χ1) is 6.86. The van der Waals surface area contributed by atoms with Crippen molar-refractivity contribution in [1.82, 2.24) is 14.8 Å². The van der Waals surface area contributed by atoms with Gasteiger partial charge in [-0.2, -0.15) is 0 Å². The van der Waals surface area contributed by atoms with E-state index in [-0.39, 0.29) is 0 Å². The van der Waals surface area contributed by atoms with Crippen molar-refractivity contribution in [3.8, 4) is 5.69 Å². The second kappa shape index (κ2) is 5.17. The maximum Gasteiger partial charge on any atom is 0.123 e. The second-order valence-corrected chi connectivity index (χ2v) is 2.71. The Morgan fingerprint density at radius 2 is 1.71 bits per heavy atom. The minimum atomic E-state index is 1.10. The van der Waals surface area contributed by atoms with Crippen molar-refractivity contribution in [3.05, 3.63) is 42.5 Å². The van der Waals surface area contributed by atoms with Gasteiger partial charge in [0.05, 0.1) is 0 Å². The van der Waals surface area contributed by atoms with Crippen LogP contribution in [0.3, 0.4) is 0 Å². The van der Waals surface area contributed by atoms with E-state index in [1.165, 1.54) is 5.56 Å². The molecule has 0 unspecified atom stereocenters. The van der Waals surface area contributed by atoms with Gasteiger partial charge in [-0.15, -0.1) is 10.2 Å². The van der Waals surface area contributed by atoms with E-state index in [9.17, 15) is 0 Å². The summed E-state index contributed by atoms with van der Waals surface area (Å²) in [4.78, 5) is 0. The molecule has 0 saturated carbocycles. The number of aryl methyl sites for hydroxylation is 1. The van der Waals surface area contributed by atoms with Crippen molar-refractivity contribution in [2.24, 2.45) is 0 Å². The molecule has 0 bridgehead atoms. The summed E-state index contributed by atoms with van der Waals surface area (Å²) in [5, 5.41) is 7.48. The SMILES string of the molecule is CC.Cc1cccc(-n2cnnc2)c1. The fourth-order valence-electron chi connectivity index (χ4n) is 1.12. The van der Waals surface area contributed by atoms with Crippen LogP contribution in [0.1, 0.15) is 19.4 Å². The summed E-state index contributed by atoms with van der Waals surface area (Å²) < 4.78 is 1.88. The van der Waals surface area contributed by atoms with Gasteiger partial charge in [-0.3, -0.25) is 4.57 Å².